The fourth-order valence-electron chi connectivity index (χ4n) is 4.53. The molecular weight excluding hydrogens is 555 g/mol. The predicted octanol–water partition coefficient (Wildman–Crippen LogP) is 6.41. The maximum atomic E-state index is 11.3. The molecule has 1 amide bonds. The number of aromatic nitrogens is 5. The Kier molecular flexibility index (Phi) is 5.43. The van der Waals surface area contributed by atoms with E-state index in [1.54, 1.807) is 24.4 Å². The number of hydrogen-bond acceptors (Lipinski definition) is 4. The maximum absolute atomic E-state index is 11.3. The Balaban J connectivity index is 1.43. The van der Waals surface area contributed by atoms with Gasteiger partial charge in [-0.15, -0.1) is 0 Å². The lowest BCUT2D eigenvalue weighted by molar-refractivity contribution is 0.154. The molecule has 0 saturated carbocycles. The number of likely N-dealkylation sites (tertiary alicyclic amines) is 1. The van der Waals surface area contributed by atoms with Crippen LogP contribution in [0.5, 0.6) is 0 Å². The van der Waals surface area contributed by atoms with Crippen LogP contribution >= 0.6 is 39.1 Å². The van der Waals surface area contributed by atoms with Crippen LogP contribution in [0.1, 0.15) is 12.5 Å². The van der Waals surface area contributed by atoms with Crippen molar-refractivity contribution in [3.8, 4) is 22.4 Å². The molecule has 1 aliphatic heterocycles. The van der Waals surface area contributed by atoms with Gasteiger partial charge in [0.25, 0.3) is 0 Å². The summed E-state index contributed by atoms with van der Waals surface area (Å²) in [7, 11) is 0. The summed E-state index contributed by atoms with van der Waals surface area (Å²) in [6.07, 6.45) is 7.27. The summed E-state index contributed by atoms with van der Waals surface area (Å²) >= 11 is 16.6. The third kappa shape index (κ3) is 3.74. The van der Waals surface area contributed by atoms with Crippen LogP contribution in [0.25, 0.3) is 38.9 Å². The van der Waals surface area contributed by atoms with E-state index < -0.39 is 6.09 Å². The number of amides is 1. The number of halogens is 3. The molecule has 0 aliphatic carbocycles. The summed E-state index contributed by atoms with van der Waals surface area (Å²) in [5.41, 5.74) is 4.62. The van der Waals surface area contributed by atoms with Gasteiger partial charge in [-0.1, -0.05) is 29.3 Å². The van der Waals surface area contributed by atoms with Crippen LogP contribution in [0.4, 0.5) is 4.79 Å². The van der Waals surface area contributed by atoms with Crippen LogP contribution in [0.3, 0.4) is 0 Å². The monoisotopic (exact) mass is 570 g/mol. The van der Waals surface area contributed by atoms with Crippen molar-refractivity contribution in [2.24, 2.45) is 0 Å². The normalized spacial score (nSPS) is 16.0. The Hall–Kier alpha value is -3.14. The van der Waals surface area contributed by atoms with Crippen molar-refractivity contribution in [1.82, 2.24) is 29.0 Å². The Morgan fingerprint density at radius 3 is 2.69 bits per heavy atom. The molecule has 176 valence electrons. The number of carboxylic acid groups (broad SMARTS) is 1. The molecule has 6 rings (SSSR count). The maximum Gasteiger partial charge on any atom is 0.407 e. The van der Waals surface area contributed by atoms with E-state index in [0.717, 1.165) is 38.7 Å². The van der Waals surface area contributed by atoms with E-state index in [4.69, 9.17) is 28.2 Å². The summed E-state index contributed by atoms with van der Waals surface area (Å²) in [5, 5.41) is 15.6. The summed E-state index contributed by atoms with van der Waals surface area (Å²) in [5.74, 6) is 0. The average Bonchev–Trinajstić information content (AvgIpc) is 3.58. The van der Waals surface area contributed by atoms with Crippen LogP contribution < -0.4 is 0 Å². The zero-order valence-corrected chi connectivity index (χ0v) is 21.2. The number of imidazole rings is 1. The van der Waals surface area contributed by atoms with Crippen molar-refractivity contribution >= 4 is 61.8 Å². The number of rotatable bonds is 3. The van der Waals surface area contributed by atoms with Gasteiger partial charge in [-0.2, -0.15) is 5.10 Å². The summed E-state index contributed by atoms with van der Waals surface area (Å²) in [6, 6.07) is 9.36. The highest BCUT2D eigenvalue weighted by Gasteiger charge is 2.27. The number of nitrogens with zero attached hydrogens (tertiary/aromatic N) is 6. The van der Waals surface area contributed by atoms with Crippen molar-refractivity contribution in [2.45, 2.75) is 12.5 Å². The first-order valence-corrected chi connectivity index (χ1v) is 12.4. The SMILES string of the molecule is O=C(O)N1CCC(n2cc(-c3cnc4ccn5c(Br)c(-c6c(Cl)cccc6Cl)nc5c4c3)cn2)C1. The van der Waals surface area contributed by atoms with E-state index in [2.05, 4.69) is 26.0 Å². The summed E-state index contributed by atoms with van der Waals surface area (Å²) in [6.45, 7) is 0.944. The van der Waals surface area contributed by atoms with Crippen molar-refractivity contribution in [2.75, 3.05) is 13.1 Å². The second-order valence-electron chi connectivity index (χ2n) is 8.39. The largest absolute Gasteiger partial charge is 0.465 e. The molecule has 1 atom stereocenters. The van der Waals surface area contributed by atoms with E-state index in [1.807, 2.05) is 39.8 Å². The Morgan fingerprint density at radius 1 is 1.14 bits per heavy atom. The molecule has 4 aromatic heterocycles. The minimum Gasteiger partial charge on any atom is -0.465 e. The lowest BCUT2D eigenvalue weighted by Gasteiger charge is -2.12. The van der Waals surface area contributed by atoms with E-state index in [9.17, 15) is 9.90 Å². The first-order valence-electron chi connectivity index (χ1n) is 10.8. The molecule has 1 aromatic carbocycles. The number of carbonyl (C=O) groups is 1. The first kappa shape index (κ1) is 22.3. The van der Waals surface area contributed by atoms with Crippen LogP contribution in [0.2, 0.25) is 10.0 Å². The molecule has 0 bridgehead atoms. The van der Waals surface area contributed by atoms with E-state index >= 15 is 0 Å². The Morgan fingerprint density at radius 2 is 1.94 bits per heavy atom. The molecule has 1 N–H and O–H groups in total. The zero-order valence-electron chi connectivity index (χ0n) is 18.1. The van der Waals surface area contributed by atoms with Gasteiger partial charge in [0.15, 0.2) is 0 Å². The van der Waals surface area contributed by atoms with Crippen molar-refractivity contribution in [3.05, 3.63) is 69.8 Å². The van der Waals surface area contributed by atoms with Crippen molar-refractivity contribution < 1.29 is 9.90 Å². The van der Waals surface area contributed by atoms with Gasteiger partial charge in [0, 0.05) is 53.8 Å². The first-order chi connectivity index (χ1) is 16.9. The fraction of sp³-hybridized carbons (Fsp3) is 0.167. The molecule has 1 aliphatic rings. The average molecular weight is 572 g/mol. The highest BCUT2D eigenvalue weighted by Crippen LogP contribution is 2.39. The smallest absolute Gasteiger partial charge is 0.407 e. The van der Waals surface area contributed by atoms with E-state index in [0.29, 0.717) is 34.4 Å². The lowest BCUT2D eigenvalue weighted by atomic mass is 10.1. The van der Waals surface area contributed by atoms with Crippen LogP contribution in [0.15, 0.2) is 59.7 Å². The summed E-state index contributed by atoms with van der Waals surface area (Å²) in [4.78, 5) is 22.2. The standard InChI is InChI=1S/C24H17BrCl2N6O2/c25-22-21(20-17(26)2-1-3-18(20)27)30-23-16-8-13(9-28-19(16)5-7-32(22)23)14-10-29-33(11-14)15-4-6-31(12-15)24(34)35/h1-3,5,7-11,15H,4,6,12H2,(H,34,35). The van der Waals surface area contributed by atoms with Crippen LogP contribution in [-0.4, -0.2) is 53.3 Å². The minimum atomic E-state index is -0.897. The Bertz CT molecular complexity index is 1610. The van der Waals surface area contributed by atoms with Crippen LogP contribution in [-0.2, 0) is 0 Å². The van der Waals surface area contributed by atoms with E-state index in [-0.39, 0.29) is 6.04 Å². The van der Waals surface area contributed by atoms with Crippen molar-refractivity contribution in [1.29, 1.82) is 0 Å². The quantitative estimate of drug-likeness (QED) is 0.270. The van der Waals surface area contributed by atoms with Gasteiger partial charge in [-0.3, -0.25) is 14.1 Å². The van der Waals surface area contributed by atoms with Gasteiger partial charge >= 0.3 is 6.09 Å². The fourth-order valence-corrected chi connectivity index (χ4v) is 5.68. The minimum absolute atomic E-state index is 0.0196. The molecule has 0 spiro atoms. The van der Waals surface area contributed by atoms with Gasteiger partial charge in [-0.25, -0.2) is 9.78 Å². The van der Waals surface area contributed by atoms with E-state index in [1.165, 1.54) is 4.90 Å². The molecule has 35 heavy (non-hydrogen) atoms. The Labute approximate surface area is 217 Å². The topological polar surface area (TPSA) is 88.5 Å². The second kappa shape index (κ2) is 8.51. The lowest BCUT2D eigenvalue weighted by Crippen LogP contribution is -2.27. The highest BCUT2D eigenvalue weighted by atomic mass is 79.9. The third-order valence-electron chi connectivity index (χ3n) is 6.34. The van der Waals surface area contributed by atoms with Gasteiger partial charge in [-0.05, 0) is 46.6 Å². The highest BCUT2D eigenvalue weighted by molar-refractivity contribution is 9.10. The van der Waals surface area contributed by atoms with Crippen molar-refractivity contribution in [3.63, 3.8) is 0 Å². The predicted molar refractivity (Wildman–Crippen MR) is 138 cm³/mol. The molecule has 1 saturated heterocycles. The summed E-state index contributed by atoms with van der Waals surface area (Å²) < 4.78 is 4.52. The van der Waals surface area contributed by atoms with Gasteiger partial charge in [0.05, 0.1) is 27.8 Å². The third-order valence-corrected chi connectivity index (χ3v) is 7.72. The molecule has 1 unspecified atom stereocenters. The van der Waals surface area contributed by atoms with Crippen LogP contribution in [0, 0.1) is 0 Å². The number of hydrogen-bond donors (Lipinski definition) is 1. The van der Waals surface area contributed by atoms with Gasteiger partial charge in [0.2, 0.25) is 0 Å². The second-order valence-corrected chi connectivity index (χ2v) is 9.96. The molecule has 0 radical (unpaired) electrons. The molecule has 11 heteroatoms. The molecular formula is C24H17BrCl2N6O2. The number of fused-ring (bicyclic) bond motifs is 3. The zero-order chi connectivity index (χ0) is 24.3. The molecule has 5 aromatic rings. The van der Waals surface area contributed by atoms with Gasteiger partial charge < -0.3 is 10.0 Å². The number of pyridine rings is 2. The molecule has 5 heterocycles. The van der Waals surface area contributed by atoms with Gasteiger partial charge in [0.1, 0.15) is 15.9 Å². The number of benzene rings is 1. The molecule has 8 nitrogen and oxygen atoms in total. The molecule has 1 fully saturated rings.